The number of benzene rings is 1. The maximum atomic E-state index is 11.3. The first-order chi connectivity index (χ1) is 9.21. The Morgan fingerprint density at radius 1 is 1.32 bits per heavy atom. The molecule has 0 aromatic heterocycles. The van der Waals surface area contributed by atoms with E-state index in [0.717, 1.165) is 12.8 Å². The normalized spacial score (nSPS) is 10.5. The number of methoxy groups -OCH3 is 2. The number of hydrogen-bond acceptors (Lipinski definition) is 5. The van der Waals surface area contributed by atoms with Gasteiger partial charge < -0.3 is 14.3 Å². The number of carbonyl (C=O) groups excluding carboxylic acids is 1. The first-order valence-electron chi connectivity index (χ1n) is 6.16. The lowest BCUT2D eigenvalue weighted by molar-refractivity contribution is -0.143. The topological polar surface area (TPSA) is 57.1 Å². The van der Waals surface area contributed by atoms with E-state index in [0.29, 0.717) is 23.5 Å². The number of hydrogen-bond donors (Lipinski definition) is 0. The Balaban J connectivity index is 2.63. The summed E-state index contributed by atoms with van der Waals surface area (Å²) in [5.74, 6) is 0.965. The van der Waals surface area contributed by atoms with Crippen molar-refractivity contribution < 1.29 is 19.1 Å². The first-order valence-corrected chi connectivity index (χ1v) is 6.16. The highest BCUT2D eigenvalue weighted by molar-refractivity contribution is 5.84. The molecule has 1 rings (SSSR count). The summed E-state index contributed by atoms with van der Waals surface area (Å²) in [6.07, 6.45) is 3.58. The zero-order chi connectivity index (χ0) is 14.1. The zero-order valence-corrected chi connectivity index (χ0v) is 11.5. The highest BCUT2D eigenvalue weighted by atomic mass is 16.7. The van der Waals surface area contributed by atoms with Crippen LogP contribution in [0.1, 0.15) is 31.7 Å². The van der Waals surface area contributed by atoms with Crippen LogP contribution < -0.4 is 9.47 Å². The molecule has 0 saturated carbocycles. The molecule has 104 valence electrons. The molecule has 0 atom stereocenters. The van der Waals surface area contributed by atoms with E-state index < -0.39 is 0 Å². The number of nitrogens with zero attached hydrogens (tertiary/aromatic N) is 1. The summed E-state index contributed by atoms with van der Waals surface area (Å²) >= 11 is 0. The van der Waals surface area contributed by atoms with Gasteiger partial charge in [-0.05, 0) is 18.6 Å². The Hall–Kier alpha value is -2.04. The molecule has 0 aliphatic rings. The van der Waals surface area contributed by atoms with Crippen LogP contribution in [0.4, 0.5) is 0 Å². The largest absolute Gasteiger partial charge is 0.497 e. The van der Waals surface area contributed by atoms with Gasteiger partial charge in [0, 0.05) is 18.1 Å². The van der Waals surface area contributed by atoms with Crippen molar-refractivity contribution in [1.82, 2.24) is 0 Å². The molecule has 0 saturated heterocycles. The molecule has 0 heterocycles. The molecule has 0 N–H and O–H groups in total. The number of unbranched alkanes of at least 4 members (excludes halogenated alkanes) is 1. The van der Waals surface area contributed by atoms with Crippen molar-refractivity contribution in [3.05, 3.63) is 23.8 Å². The van der Waals surface area contributed by atoms with E-state index in [1.165, 1.54) is 6.21 Å². The minimum atomic E-state index is -0.328. The summed E-state index contributed by atoms with van der Waals surface area (Å²) in [6, 6.07) is 5.30. The summed E-state index contributed by atoms with van der Waals surface area (Å²) in [7, 11) is 3.14. The quantitative estimate of drug-likeness (QED) is 0.432. The minimum Gasteiger partial charge on any atom is -0.497 e. The SMILES string of the molecule is CCCCC(=O)O/N=C/c1ccc(OC)cc1OC. The minimum absolute atomic E-state index is 0.328. The third kappa shape index (κ3) is 4.99. The van der Waals surface area contributed by atoms with Gasteiger partial charge in [0.15, 0.2) is 0 Å². The summed E-state index contributed by atoms with van der Waals surface area (Å²) in [5, 5.41) is 3.66. The second-order valence-electron chi connectivity index (χ2n) is 3.91. The van der Waals surface area contributed by atoms with Gasteiger partial charge in [0.1, 0.15) is 11.5 Å². The van der Waals surface area contributed by atoms with Gasteiger partial charge in [-0.1, -0.05) is 18.5 Å². The van der Waals surface area contributed by atoms with E-state index >= 15 is 0 Å². The van der Waals surface area contributed by atoms with Gasteiger partial charge in [0.05, 0.1) is 20.4 Å². The van der Waals surface area contributed by atoms with Crippen molar-refractivity contribution in [3.63, 3.8) is 0 Å². The second kappa shape index (κ2) is 8.13. The Morgan fingerprint density at radius 2 is 2.11 bits per heavy atom. The highest BCUT2D eigenvalue weighted by Crippen LogP contribution is 2.23. The van der Waals surface area contributed by atoms with E-state index in [4.69, 9.17) is 14.3 Å². The number of carbonyl (C=O) groups is 1. The van der Waals surface area contributed by atoms with Crippen molar-refractivity contribution >= 4 is 12.2 Å². The van der Waals surface area contributed by atoms with Crippen LogP contribution in [0.5, 0.6) is 11.5 Å². The van der Waals surface area contributed by atoms with Gasteiger partial charge in [0.25, 0.3) is 0 Å². The van der Waals surface area contributed by atoms with Crippen molar-refractivity contribution in [2.24, 2.45) is 5.16 Å². The standard InChI is InChI=1S/C14H19NO4/c1-4-5-6-14(16)19-15-10-11-7-8-12(17-2)9-13(11)18-3/h7-10H,4-6H2,1-3H3/b15-10+. The van der Waals surface area contributed by atoms with Crippen LogP contribution in [0.15, 0.2) is 23.4 Å². The summed E-state index contributed by atoms with van der Waals surface area (Å²) in [6.45, 7) is 2.01. The third-order valence-corrected chi connectivity index (χ3v) is 2.52. The Kier molecular flexibility index (Phi) is 6.43. The van der Waals surface area contributed by atoms with Gasteiger partial charge in [-0.2, -0.15) is 0 Å². The molecule has 5 heteroatoms. The van der Waals surface area contributed by atoms with Gasteiger partial charge in [-0.15, -0.1) is 0 Å². The summed E-state index contributed by atoms with van der Waals surface area (Å²) in [5.41, 5.74) is 0.714. The molecule has 1 aromatic rings. The fourth-order valence-electron chi connectivity index (χ4n) is 1.43. The lowest BCUT2D eigenvalue weighted by atomic mass is 10.2. The molecule has 0 bridgehead atoms. The predicted molar refractivity (Wildman–Crippen MR) is 72.8 cm³/mol. The van der Waals surface area contributed by atoms with Crippen molar-refractivity contribution in [3.8, 4) is 11.5 Å². The summed E-state index contributed by atoms with van der Waals surface area (Å²) in [4.78, 5) is 16.0. The molecule has 0 aliphatic carbocycles. The second-order valence-corrected chi connectivity index (χ2v) is 3.91. The van der Waals surface area contributed by atoms with Gasteiger partial charge >= 0.3 is 5.97 Å². The smallest absolute Gasteiger partial charge is 0.335 e. The van der Waals surface area contributed by atoms with Crippen molar-refractivity contribution in [2.45, 2.75) is 26.2 Å². The molecule has 0 aliphatic heterocycles. The maximum absolute atomic E-state index is 11.3. The monoisotopic (exact) mass is 265 g/mol. The molecule has 0 fully saturated rings. The van der Waals surface area contributed by atoms with Crippen LogP contribution >= 0.6 is 0 Å². The molecule has 0 unspecified atom stereocenters. The Morgan fingerprint density at radius 3 is 2.74 bits per heavy atom. The van der Waals surface area contributed by atoms with Crippen LogP contribution in [-0.2, 0) is 9.63 Å². The number of ether oxygens (including phenoxy) is 2. The molecular weight excluding hydrogens is 246 g/mol. The van der Waals surface area contributed by atoms with E-state index in [1.807, 2.05) is 6.92 Å². The highest BCUT2D eigenvalue weighted by Gasteiger charge is 2.04. The van der Waals surface area contributed by atoms with Crippen molar-refractivity contribution in [1.29, 1.82) is 0 Å². The Labute approximate surface area is 113 Å². The van der Waals surface area contributed by atoms with E-state index in [-0.39, 0.29) is 5.97 Å². The molecule has 0 radical (unpaired) electrons. The van der Waals surface area contributed by atoms with Crippen molar-refractivity contribution in [2.75, 3.05) is 14.2 Å². The fourth-order valence-corrected chi connectivity index (χ4v) is 1.43. The first kappa shape index (κ1) is 15.0. The Bertz CT molecular complexity index is 443. The van der Waals surface area contributed by atoms with Gasteiger partial charge in [0.2, 0.25) is 0 Å². The zero-order valence-electron chi connectivity index (χ0n) is 11.5. The molecule has 0 spiro atoms. The molecule has 5 nitrogen and oxygen atoms in total. The van der Waals surface area contributed by atoms with Crippen LogP contribution in [0.3, 0.4) is 0 Å². The van der Waals surface area contributed by atoms with Crippen LogP contribution in [0.2, 0.25) is 0 Å². The van der Waals surface area contributed by atoms with Crippen LogP contribution in [0.25, 0.3) is 0 Å². The van der Waals surface area contributed by atoms with E-state index in [9.17, 15) is 4.79 Å². The lowest BCUT2D eigenvalue weighted by Crippen LogP contribution is -2.00. The maximum Gasteiger partial charge on any atom is 0.335 e. The molecule has 1 aromatic carbocycles. The predicted octanol–water partition coefficient (Wildman–Crippen LogP) is 2.77. The van der Waals surface area contributed by atoms with Gasteiger partial charge in [-0.3, -0.25) is 0 Å². The molecule has 19 heavy (non-hydrogen) atoms. The van der Waals surface area contributed by atoms with E-state index in [1.54, 1.807) is 32.4 Å². The number of rotatable bonds is 7. The number of oxime groups is 1. The summed E-state index contributed by atoms with van der Waals surface area (Å²) < 4.78 is 10.3. The van der Waals surface area contributed by atoms with Gasteiger partial charge in [-0.25, -0.2) is 4.79 Å². The fraction of sp³-hybridized carbons (Fsp3) is 0.429. The molecule has 0 amide bonds. The average molecular weight is 265 g/mol. The third-order valence-electron chi connectivity index (χ3n) is 2.52. The van der Waals surface area contributed by atoms with Crippen LogP contribution in [0, 0.1) is 0 Å². The lowest BCUT2D eigenvalue weighted by Gasteiger charge is -2.06. The van der Waals surface area contributed by atoms with Crippen LogP contribution in [-0.4, -0.2) is 26.4 Å². The molecular formula is C14H19NO4. The average Bonchev–Trinajstić information content (AvgIpc) is 2.45. The van der Waals surface area contributed by atoms with E-state index in [2.05, 4.69) is 5.16 Å².